The summed E-state index contributed by atoms with van der Waals surface area (Å²) in [4.78, 5) is 0.171. The van der Waals surface area contributed by atoms with Crippen molar-refractivity contribution in [2.45, 2.75) is 42.7 Å². The second kappa shape index (κ2) is 6.20. The molecule has 0 amide bonds. The Morgan fingerprint density at radius 3 is 2.30 bits per heavy atom. The van der Waals surface area contributed by atoms with E-state index in [1.165, 1.54) is 22.5 Å². The zero-order valence-electron chi connectivity index (χ0n) is 11.2. The number of hydrogen-bond donors (Lipinski definition) is 1. The topological polar surface area (TPSA) is 63.4 Å². The Labute approximate surface area is 129 Å². The van der Waals surface area contributed by atoms with Crippen LogP contribution < -0.4 is 5.73 Å². The molecule has 1 fully saturated rings. The van der Waals surface area contributed by atoms with Crippen molar-refractivity contribution >= 4 is 33.2 Å². The molecular formula is C13H18Cl2N2O2S. The second-order valence-corrected chi connectivity index (χ2v) is 7.98. The van der Waals surface area contributed by atoms with Crippen molar-refractivity contribution in [3.63, 3.8) is 0 Å². The molecule has 0 saturated heterocycles. The summed E-state index contributed by atoms with van der Waals surface area (Å²) in [5.74, 6) is 0. The van der Waals surface area contributed by atoms with Crippen LogP contribution in [0, 0.1) is 0 Å². The van der Waals surface area contributed by atoms with Crippen LogP contribution in [0.1, 0.15) is 25.7 Å². The van der Waals surface area contributed by atoms with Gasteiger partial charge >= 0.3 is 0 Å². The van der Waals surface area contributed by atoms with Gasteiger partial charge in [0.2, 0.25) is 10.0 Å². The van der Waals surface area contributed by atoms with Crippen LogP contribution in [0.4, 0.5) is 0 Å². The first-order valence-corrected chi connectivity index (χ1v) is 8.70. The molecule has 1 aromatic rings. The average Bonchev–Trinajstić information content (AvgIpc) is 2.41. The molecular weight excluding hydrogens is 319 g/mol. The largest absolute Gasteiger partial charge is 0.328 e. The molecule has 1 aliphatic rings. The average molecular weight is 337 g/mol. The van der Waals surface area contributed by atoms with Gasteiger partial charge < -0.3 is 5.73 Å². The van der Waals surface area contributed by atoms with E-state index in [-0.39, 0.29) is 22.0 Å². The van der Waals surface area contributed by atoms with E-state index in [1.807, 2.05) is 0 Å². The van der Waals surface area contributed by atoms with Crippen LogP contribution in [0.5, 0.6) is 0 Å². The van der Waals surface area contributed by atoms with E-state index < -0.39 is 10.0 Å². The smallest absolute Gasteiger partial charge is 0.243 e. The molecule has 2 rings (SSSR count). The Bertz CT molecular complexity index is 584. The summed E-state index contributed by atoms with van der Waals surface area (Å²) in [5.41, 5.74) is 5.85. The lowest BCUT2D eigenvalue weighted by atomic mass is 9.92. The van der Waals surface area contributed by atoms with Gasteiger partial charge in [-0.3, -0.25) is 0 Å². The summed E-state index contributed by atoms with van der Waals surface area (Å²) in [6.07, 6.45) is 3.29. The highest BCUT2D eigenvalue weighted by Gasteiger charge is 2.30. The molecule has 0 radical (unpaired) electrons. The minimum Gasteiger partial charge on any atom is -0.328 e. The van der Waals surface area contributed by atoms with E-state index in [0.717, 1.165) is 25.7 Å². The first-order valence-electron chi connectivity index (χ1n) is 6.51. The van der Waals surface area contributed by atoms with Crippen LogP contribution in [0.15, 0.2) is 23.1 Å². The molecule has 2 N–H and O–H groups in total. The predicted octanol–water partition coefficient (Wildman–Crippen LogP) is 2.88. The number of halogens is 2. The van der Waals surface area contributed by atoms with Crippen LogP contribution in [0.25, 0.3) is 0 Å². The van der Waals surface area contributed by atoms with Crippen molar-refractivity contribution < 1.29 is 8.42 Å². The summed E-state index contributed by atoms with van der Waals surface area (Å²) in [5, 5.41) is 0.587. The van der Waals surface area contributed by atoms with Crippen molar-refractivity contribution in [3.8, 4) is 0 Å². The van der Waals surface area contributed by atoms with E-state index >= 15 is 0 Å². The van der Waals surface area contributed by atoms with Gasteiger partial charge in [0.25, 0.3) is 0 Å². The maximum Gasteiger partial charge on any atom is 0.243 e. The van der Waals surface area contributed by atoms with Crippen LogP contribution in [-0.4, -0.2) is 31.9 Å². The van der Waals surface area contributed by atoms with Gasteiger partial charge in [0.05, 0.1) is 14.9 Å². The molecule has 7 heteroatoms. The highest BCUT2D eigenvalue weighted by molar-refractivity contribution is 7.89. The summed E-state index contributed by atoms with van der Waals surface area (Å²) >= 11 is 11.7. The fourth-order valence-corrected chi connectivity index (χ4v) is 4.27. The minimum absolute atomic E-state index is 0.00532. The predicted molar refractivity (Wildman–Crippen MR) is 81.6 cm³/mol. The number of nitrogens with zero attached hydrogens (tertiary/aromatic N) is 1. The fourth-order valence-electron chi connectivity index (χ4n) is 2.47. The maximum atomic E-state index is 12.6. The van der Waals surface area contributed by atoms with Crippen LogP contribution in [-0.2, 0) is 10.0 Å². The molecule has 20 heavy (non-hydrogen) atoms. The van der Waals surface area contributed by atoms with Gasteiger partial charge in [0, 0.05) is 19.1 Å². The highest BCUT2D eigenvalue weighted by atomic mass is 35.5. The molecule has 0 aromatic heterocycles. The Morgan fingerprint density at radius 1 is 1.15 bits per heavy atom. The van der Waals surface area contributed by atoms with Crippen LogP contribution >= 0.6 is 23.2 Å². The first-order chi connectivity index (χ1) is 9.32. The van der Waals surface area contributed by atoms with Gasteiger partial charge in [-0.1, -0.05) is 23.2 Å². The Hall–Kier alpha value is -0.330. The molecule has 0 unspecified atom stereocenters. The lowest BCUT2D eigenvalue weighted by Crippen LogP contribution is -2.41. The molecule has 4 nitrogen and oxygen atoms in total. The SMILES string of the molecule is CN(C1CCC(N)CC1)S(=O)(=O)c1ccc(Cl)c(Cl)c1. The molecule has 112 valence electrons. The van der Waals surface area contributed by atoms with Gasteiger partial charge in [-0.05, 0) is 43.9 Å². The minimum atomic E-state index is -3.55. The maximum absolute atomic E-state index is 12.6. The van der Waals surface area contributed by atoms with E-state index in [0.29, 0.717) is 5.02 Å². The molecule has 1 aromatic carbocycles. The lowest BCUT2D eigenvalue weighted by Gasteiger charge is -2.32. The molecule has 1 aliphatic carbocycles. The number of nitrogens with two attached hydrogens (primary N) is 1. The lowest BCUT2D eigenvalue weighted by molar-refractivity contribution is 0.268. The number of rotatable bonds is 3. The monoisotopic (exact) mass is 336 g/mol. The number of benzene rings is 1. The molecule has 0 aliphatic heterocycles. The summed E-state index contributed by atoms with van der Waals surface area (Å²) in [6.45, 7) is 0. The molecule has 0 heterocycles. The van der Waals surface area contributed by atoms with Crippen LogP contribution in [0.3, 0.4) is 0 Å². The zero-order valence-corrected chi connectivity index (χ0v) is 13.5. The quantitative estimate of drug-likeness (QED) is 0.922. The molecule has 0 atom stereocenters. The van der Waals surface area contributed by atoms with Crippen molar-refractivity contribution in [1.82, 2.24) is 4.31 Å². The normalized spacial score (nSPS) is 24.1. The Balaban J connectivity index is 2.23. The van der Waals surface area contributed by atoms with E-state index in [1.54, 1.807) is 7.05 Å². The second-order valence-electron chi connectivity index (χ2n) is 5.17. The van der Waals surface area contributed by atoms with Crippen molar-refractivity contribution in [3.05, 3.63) is 28.2 Å². The van der Waals surface area contributed by atoms with Gasteiger partial charge in [0.1, 0.15) is 0 Å². The summed E-state index contributed by atoms with van der Waals surface area (Å²) in [7, 11) is -1.94. The summed E-state index contributed by atoms with van der Waals surface area (Å²) < 4.78 is 26.6. The van der Waals surface area contributed by atoms with Gasteiger partial charge in [-0.2, -0.15) is 4.31 Å². The number of sulfonamides is 1. The summed E-state index contributed by atoms with van der Waals surface area (Å²) in [6, 6.07) is 4.56. The van der Waals surface area contributed by atoms with E-state index in [9.17, 15) is 8.42 Å². The number of hydrogen-bond acceptors (Lipinski definition) is 3. The van der Waals surface area contributed by atoms with Crippen LogP contribution in [0.2, 0.25) is 10.0 Å². The Kier molecular flexibility index (Phi) is 4.97. The van der Waals surface area contributed by atoms with E-state index in [2.05, 4.69) is 0 Å². The molecule has 0 spiro atoms. The Morgan fingerprint density at radius 2 is 1.75 bits per heavy atom. The highest BCUT2D eigenvalue weighted by Crippen LogP contribution is 2.29. The molecule has 1 saturated carbocycles. The standard InChI is InChI=1S/C13H18Cl2N2O2S/c1-17(10-4-2-9(16)3-5-10)20(18,19)11-6-7-12(14)13(15)8-11/h6-10H,2-5,16H2,1H3. The van der Waals surface area contributed by atoms with E-state index in [4.69, 9.17) is 28.9 Å². The van der Waals surface area contributed by atoms with Crippen molar-refractivity contribution in [2.75, 3.05) is 7.05 Å². The fraction of sp³-hybridized carbons (Fsp3) is 0.538. The first kappa shape index (κ1) is 16.0. The van der Waals surface area contributed by atoms with Gasteiger partial charge in [-0.25, -0.2) is 8.42 Å². The molecule has 0 bridgehead atoms. The third kappa shape index (κ3) is 3.28. The van der Waals surface area contributed by atoms with Gasteiger partial charge in [0.15, 0.2) is 0 Å². The zero-order chi connectivity index (χ0) is 14.9. The van der Waals surface area contributed by atoms with Gasteiger partial charge in [-0.15, -0.1) is 0 Å². The van der Waals surface area contributed by atoms with Crippen molar-refractivity contribution in [1.29, 1.82) is 0 Å². The third-order valence-corrected chi connectivity index (χ3v) is 6.47. The van der Waals surface area contributed by atoms with Crippen molar-refractivity contribution in [2.24, 2.45) is 5.73 Å². The third-order valence-electron chi connectivity index (χ3n) is 3.82.